The summed E-state index contributed by atoms with van der Waals surface area (Å²) in [6.07, 6.45) is 3.21. The van der Waals surface area contributed by atoms with Crippen LogP contribution in [-0.4, -0.2) is 43.9 Å². The van der Waals surface area contributed by atoms with Crippen LogP contribution in [0.4, 0.5) is 0 Å². The van der Waals surface area contributed by atoms with Crippen LogP contribution in [0, 0.1) is 17.8 Å². The number of carbonyl (C=O) groups excluding carboxylic acids is 3. The number of ketones is 2. The Morgan fingerprint density at radius 3 is 2.67 bits per heavy atom. The van der Waals surface area contributed by atoms with Crippen LogP contribution >= 0.6 is 0 Å². The molecule has 1 aliphatic rings. The summed E-state index contributed by atoms with van der Waals surface area (Å²) < 4.78 is 10.5. The highest BCUT2D eigenvalue weighted by atomic mass is 16.5. The Morgan fingerprint density at radius 1 is 1.30 bits per heavy atom. The van der Waals surface area contributed by atoms with Crippen molar-refractivity contribution < 1.29 is 23.9 Å². The summed E-state index contributed by atoms with van der Waals surface area (Å²) in [5, 5.41) is 3.51. The molecule has 0 aromatic heterocycles. The number of Topliss-reactive ketones (excluding diaryl/α,β-unsaturated/α-hetero) is 2. The Bertz CT molecular complexity index is 560. The van der Waals surface area contributed by atoms with Gasteiger partial charge in [-0.2, -0.15) is 0 Å². The molecule has 0 amide bonds. The van der Waals surface area contributed by atoms with Gasteiger partial charge in [-0.15, -0.1) is 0 Å². The van der Waals surface area contributed by atoms with Crippen LogP contribution in [0.3, 0.4) is 0 Å². The van der Waals surface area contributed by atoms with E-state index in [1.54, 1.807) is 7.11 Å². The van der Waals surface area contributed by atoms with Gasteiger partial charge in [0.25, 0.3) is 0 Å². The number of methoxy groups -OCH3 is 1. The lowest BCUT2D eigenvalue weighted by Gasteiger charge is -2.40. The molecule has 1 rings (SSSR count). The van der Waals surface area contributed by atoms with Gasteiger partial charge in [-0.1, -0.05) is 12.0 Å². The standard InChI is InChI=1S/C19H31N3O5/c1-13-11-18(25)16(8-6-9-21-22-20)17(19(13)27-14(2)23)12-15(24)7-4-5-10-26-3/h13,16-17,19H,4-12H2,1-3H3/t13-,16+,17-,19+/m0/s1. The molecule has 8 heteroatoms. The second-order valence-electron chi connectivity index (χ2n) is 7.28. The Labute approximate surface area is 160 Å². The lowest BCUT2D eigenvalue weighted by molar-refractivity contribution is -0.162. The highest BCUT2D eigenvalue weighted by Crippen LogP contribution is 2.39. The van der Waals surface area contributed by atoms with Crippen molar-refractivity contribution in [1.82, 2.24) is 0 Å². The highest BCUT2D eigenvalue weighted by Gasteiger charge is 2.44. The van der Waals surface area contributed by atoms with E-state index < -0.39 is 12.1 Å². The number of nitrogens with zero attached hydrogens (tertiary/aromatic N) is 3. The summed E-state index contributed by atoms with van der Waals surface area (Å²) in [5.41, 5.74) is 8.40. The fourth-order valence-electron chi connectivity index (χ4n) is 3.86. The van der Waals surface area contributed by atoms with Gasteiger partial charge in [-0.25, -0.2) is 0 Å². The summed E-state index contributed by atoms with van der Waals surface area (Å²) in [7, 11) is 1.63. The number of carbonyl (C=O) groups is 3. The van der Waals surface area contributed by atoms with Crippen molar-refractivity contribution in [3.05, 3.63) is 10.4 Å². The topological polar surface area (TPSA) is 118 Å². The third kappa shape index (κ3) is 8.10. The maximum Gasteiger partial charge on any atom is 0.302 e. The molecule has 1 fully saturated rings. The lowest BCUT2D eigenvalue weighted by atomic mass is 9.68. The van der Waals surface area contributed by atoms with Crippen molar-refractivity contribution in [3.8, 4) is 0 Å². The van der Waals surface area contributed by atoms with Crippen LogP contribution in [0.1, 0.15) is 58.8 Å². The summed E-state index contributed by atoms with van der Waals surface area (Å²) in [5.74, 6) is -0.986. The van der Waals surface area contributed by atoms with E-state index in [2.05, 4.69) is 10.0 Å². The molecule has 4 atom stereocenters. The lowest BCUT2D eigenvalue weighted by Crippen LogP contribution is -2.46. The highest BCUT2D eigenvalue weighted by molar-refractivity contribution is 5.85. The molecule has 27 heavy (non-hydrogen) atoms. The monoisotopic (exact) mass is 381 g/mol. The van der Waals surface area contributed by atoms with Crippen molar-refractivity contribution in [2.45, 2.75) is 64.9 Å². The molecule has 0 heterocycles. The predicted octanol–water partition coefficient (Wildman–Crippen LogP) is 3.63. The molecular formula is C19H31N3O5. The molecule has 0 unspecified atom stereocenters. The minimum Gasteiger partial charge on any atom is -0.462 e. The molecule has 0 N–H and O–H groups in total. The quantitative estimate of drug-likeness (QED) is 0.168. The summed E-state index contributed by atoms with van der Waals surface area (Å²) in [6, 6.07) is 0. The molecule has 8 nitrogen and oxygen atoms in total. The minimum absolute atomic E-state index is 0.0789. The van der Waals surface area contributed by atoms with E-state index in [0.717, 1.165) is 12.8 Å². The van der Waals surface area contributed by atoms with Crippen LogP contribution in [0.15, 0.2) is 5.11 Å². The fourth-order valence-corrected chi connectivity index (χ4v) is 3.86. The first kappa shape index (κ1) is 23.1. The van der Waals surface area contributed by atoms with Crippen molar-refractivity contribution in [2.75, 3.05) is 20.3 Å². The SMILES string of the molecule is COCCCCC(=O)C[C@@H]1[C@H](OC(C)=O)[C@@H](C)CC(=O)[C@@H]1CCCN=[N+]=[N-]. The van der Waals surface area contributed by atoms with Gasteiger partial charge in [0.15, 0.2) is 0 Å². The first-order chi connectivity index (χ1) is 12.9. The first-order valence-electron chi connectivity index (χ1n) is 9.62. The van der Waals surface area contributed by atoms with Gasteiger partial charge in [-0.3, -0.25) is 14.4 Å². The van der Waals surface area contributed by atoms with E-state index in [1.807, 2.05) is 6.92 Å². The van der Waals surface area contributed by atoms with Gasteiger partial charge in [0.2, 0.25) is 0 Å². The number of unbranched alkanes of at least 4 members (excludes halogenated alkanes) is 1. The van der Waals surface area contributed by atoms with Crippen molar-refractivity contribution in [2.24, 2.45) is 22.9 Å². The molecule has 1 saturated carbocycles. The van der Waals surface area contributed by atoms with E-state index in [0.29, 0.717) is 38.8 Å². The van der Waals surface area contributed by atoms with E-state index in [1.165, 1.54) is 6.92 Å². The number of rotatable bonds is 12. The fraction of sp³-hybridized carbons (Fsp3) is 0.842. The van der Waals surface area contributed by atoms with E-state index in [9.17, 15) is 14.4 Å². The molecule has 0 bridgehead atoms. The second-order valence-corrected chi connectivity index (χ2v) is 7.28. The molecule has 0 radical (unpaired) electrons. The maximum absolute atomic E-state index is 12.6. The van der Waals surface area contributed by atoms with Crippen molar-refractivity contribution in [3.63, 3.8) is 0 Å². The van der Waals surface area contributed by atoms with E-state index in [4.69, 9.17) is 15.0 Å². The summed E-state index contributed by atoms with van der Waals surface area (Å²) >= 11 is 0. The van der Waals surface area contributed by atoms with E-state index >= 15 is 0 Å². The van der Waals surface area contributed by atoms with Gasteiger partial charge in [0, 0.05) is 69.1 Å². The Balaban J connectivity index is 2.84. The predicted molar refractivity (Wildman–Crippen MR) is 99.9 cm³/mol. The van der Waals surface area contributed by atoms with Crippen LogP contribution in [-0.2, 0) is 23.9 Å². The normalized spacial score (nSPS) is 24.9. The maximum atomic E-state index is 12.6. The molecule has 1 aliphatic carbocycles. The average molecular weight is 381 g/mol. The molecular weight excluding hydrogens is 350 g/mol. The smallest absolute Gasteiger partial charge is 0.302 e. The Hall–Kier alpha value is -1.92. The first-order valence-corrected chi connectivity index (χ1v) is 9.62. The van der Waals surface area contributed by atoms with Crippen molar-refractivity contribution in [1.29, 1.82) is 0 Å². The van der Waals surface area contributed by atoms with Crippen LogP contribution in [0.2, 0.25) is 0 Å². The third-order valence-corrected chi connectivity index (χ3v) is 5.09. The zero-order chi connectivity index (χ0) is 20.2. The van der Waals surface area contributed by atoms with Crippen LogP contribution in [0.25, 0.3) is 10.4 Å². The van der Waals surface area contributed by atoms with Crippen molar-refractivity contribution >= 4 is 17.5 Å². The second kappa shape index (κ2) is 12.5. The van der Waals surface area contributed by atoms with Crippen LogP contribution < -0.4 is 0 Å². The molecule has 0 saturated heterocycles. The number of esters is 1. The van der Waals surface area contributed by atoms with Crippen LogP contribution in [0.5, 0.6) is 0 Å². The zero-order valence-corrected chi connectivity index (χ0v) is 16.6. The molecule has 0 aromatic rings. The molecule has 152 valence electrons. The van der Waals surface area contributed by atoms with Gasteiger partial charge < -0.3 is 9.47 Å². The largest absolute Gasteiger partial charge is 0.462 e. The zero-order valence-electron chi connectivity index (χ0n) is 16.6. The third-order valence-electron chi connectivity index (χ3n) is 5.09. The van der Waals surface area contributed by atoms with Gasteiger partial charge >= 0.3 is 5.97 Å². The van der Waals surface area contributed by atoms with Gasteiger partial charge in [0.05, 0.1) is 0 Å². The molecule has 0 aromatic carbocycles. The van der Waals surface area contributed by atoms with Gasteiger partial charge in [-0.05, 0) is 31.2 Å². The number of azide groups is 1. The van der Waals surface area contributed by atoms with E-state index in [-0.39, 0.29) is 35.7 Å². The Morgan fingerprint density at radius 2 is 2.04 bits per heavy atom. The number of hydrogen-bond donors (Lipinski definition) is 0. The number of hydrogen-bond acceptors (Lipinski definition) is 6. The molecule has 0 spiro atoms. The average Bonchev–Trinajstić information content (AvgIpc) is 2.60. The Kier molecular flexibility index (Phi) is 10.7. The summed E-state index contributed by atoms with van der Waals surface area (Å²) in [6.45, 7) is 4.16. The van der Waals surface area contributed by atoms with Gasteiger partial charge in [0.1, 0.15) is 17.7 Å². The minimum atomic E-state index is -0.437. The summed E-state index contributed by atoms with van der Waals surface area (Å²) in [4.78, 5) is 39.4. The molecule has 0 aliphatic heterocycles. The number of ether oxygens (including phenoxy) is 2.